The molecule has 0 fully saturated rings. The van der Waals surface area contributed by atoms with E-state index in [0.717, 1.165) is 16.8 Å². The average Bonchev–Trinajstić information content (AvgIpc) is 2.30. The number of esters is 1. The largest absolute Gasteiger partial charge is 0.463 e. The van der Waals surface area contributed by atoms with E-state index in [1.54, 1.807) is 6.92 Å². The van der Waals surface area contributed by atoms with E-state index in [-0.39, 0.29) is 18.6 Å². The summed E-state index contributed by atoms with van der Waals surface area (Å²) in [5.41, 5.74) is 3.21. The Kier molecular flexibility index (Phi) is 5.29. The topological polar surface area (TPSA) is 38.3 Å². The van der Waals surface area contributed by atoms with Gasteiger partial charge in [0.1, 0.15) is 12.6 Å². The van der Waals surface area contributed by atoms with E-state index in [1.165, 1.54) is 0 Å². The van der Waals surface area contributed by atoms with Crippen LogP contribution in [0, 0.1) is 13.8 Å². The fraction of sp³-hybridized carbons (Fsp3) is 0.462. The third kappa shape index (κ3) is 3.93. The summed E-state index contributed by atoms with van der Waals surface area (Å²) in [5.74, 6) is 0.0373. The number of alkyl halides is 1. The van der Waals surface area contributed by atoms with Gasteiger partial charge in [-0.25, -0.2) is 4.79 Å². The number of rotatable bonds is 5. The Morgan fingerprint density at radius 1 is 1.41 bits per heavy atom. The zero-order chi connectivity index (χ0) is 12.8. The molecule has 17 heavy (non-hydrogen) atoms. The third-order valence-electron chi connectivity index (χ3n) is 2.52. The number of nitrogens with one attached hydrogen (secondary N) is 1. The van der Waals surface area contributed by atoms with Crippen molar-refractivity contribution in [2.75, 3.05) is 17.8 Å². The van der Waals surface area contributed by atoms with Crippen molar-refractivity contribution in [1.82, 2.24) is 0 Å². The van der Waals surface area contributed by atoms with Gasteiger partial charge in [-0.15, -0.1) is 11.6 Å². The molecule has 0 heterocycles. The fourth-order valence-electron chi connectivity index (χ4n) is 1.58. The Labute approximate surface area is 107 Å². The summed E-state index contributed by atoms with van der Waals surface area (Å²) < 4.78 is 4.97. The molecule has 3 nitrogen and oxygen atoms in total. The van der Waals surface area contributed by atoms with Gasteiger partial charge in [-0.2, -0.15) is 0 Å². The molecule has 1 rings (SSSR count). The number of ether oxygens (including phenoxy) is 1. The first kappa shape index (κ1) is 13.8. The molecule has 0 amide bonds. The van der Waals surface area contributed by atoms with Crippen molar-refractivity contribution < 1.29 is 9.53 Å². The summed E-state index contributed by atoms with van der Waals surface area (Å²) in [4.78, 5) is 11.6. The van der Waals surface area contributed by atoms with Gasteiger partial charge in [-0.3, -0.25) is 0 Å². The van der Waals surface area contributed by atoms with E-state index in [2.05, 4.69) is 5.32 Å². The molecular formula is C13H18ClNO2. The van der Waals surface area contributed by atoms with Crippen molar-refractivity contribution in [2.45, 2.75) is 26.8 Å². The fourth-order valence-corrected chi connectivity index (χ4v) is 1.66. The third-order valence-corrected chi connectivity index (χ3v) is 2.67. The monoisotopic (exact) mass is 255 g/mol. The molecule has 0 spiro atoms. The normalized spacial score (nSPS) is 12.0. The highest BCUT2D eigenvalue weighted by Crippen LogP contribution is 2.20. The van der Waals surface area contributed by atoms with Crippen molar-refractivity contribution in [3.63, 3.8) is 0 Å². The molecule has 0 aliphatic heterocycles. The van der Waals surface area contributed by atoms with E-state index < -0.39 is 0 Å². The summed E-state index contributed by atoms with van der Waals surface area (Å²) in [6, 6.07) is 5.63. The number of para-hydroxylation sites is 1. The van der Waals surface area contributed by atoms with E-state index in [1.807, 2.05) is 32.0 Å². The molecule has 94 valence electrons. The van der Waals surface area contributed by atoms with Gasteiger partial charge in [0, 0.05) is 5.69 Å². The Hall–Kier alpha value is -1.22. The SMILES string of the molecule is Cc1cccc(C)c1N[C@@H](C)C(=O)OCCCl. The predicted molar refractivity (Wildman–Crippen MR) is 70.7 cm³/mol. The molecule has 0 saturated carbocycles. The van der Waals surface area contributed by atoms with Gasteiger partial charge in [-0.1, -0.05) is 18.2 Å². The first-order valence-corrected chi connectivity index (χ1v) is 6.15. The maximum Gasteiger partial charge on any atom is 0.328 e. The van der Waals surface area contributed by atoms with Crippen LogP contribution in [0.5, 0.6) is 0 Å². The molecule has 4 heteroatoms. The van der Waals surface area contributed by atoms with Crippen LogP contribution in [0.1, 0.15) is 18.1 Å². The van der Waals surface area contributed by atoms with Crippen LogP contribution in [-0.4, -0.2) is 24.5 Å². The molecule has 0 unspecified atom stereocenters. The maximum atomic E-state index is 11.6. The van der Waals surface area contributed by atoms with E-state index >= 15 is 0 Å². The molecule has 0 bridgehead atoms. The molecule has 1 atom stereocenters. The van der Waals surface area contributed by atoms with Crippen LogP contribution < -0.4 is 5.32 Å². The molecule has 1 aromatic rings. The Bertz CT molecular complexity index is 373. The Balaban J connectivity index is 2.67. The average molecular weight is 256 g/mol. The van der Waals surface area contributed by atoms with Crippen LogP contribution in [0.25, 0.3) is 0 Å². The molecule has 1 aromatic carbocycles. The number of carbonyl (C=O) groups is 1. The molecule has 0 aliphatic carbocycles. The summed E-state index contributed by atoms with van der Waals surface area (Å²) in [6.07, 6.45) is 0. The van der Waals surface area contributed by atoms with Crippen molar-refractivity contribution in [2.24, 2.45) is 0 Å². The van der Waals surface area contributed by atoms with Crippen molar-refractivity contribution in [3.05, 3.63) is 29.3 Å². The Morgan fingerprint density at radius 2 is 2.00 bits per heavy atom. The minimum Gasteiger partial charge on any atom is -0.463 e. The number of anilines is 1. The van der Waals surface area contributed by atoms with Crippen LogP contribution in [-0.2, 0) is 9.53 Å². The van der Waals surface area contributed by atoms with Crippen LogP contribution in [0.3, 0.4) is 0 Å². The molecule has 1 N–H and O–H groups in total. The first-order valence-electron chi connectivity index (χ1n) is 5.61. The quantitative estimate of drug-likeness (QED) is 0.650. The Morgan fingerprint density at radius 3 is 2.53 bits per heavy atom. The zero-order valence-electron chi connectivity index (χ0n) is 10.4. The van der Waals surface area contributed by atoms with Gasteiger partial charge in [0.05, 0.1) is 5.88 Å². The lowest BCUT2D eigenvalue weighted by molar-refractivity contribution is -0.143. The molecule has 0 aliphatic rings. The number of aryl methyl sites for hydroxylation is 2. The highest BCUT2D eigenvalue weighted by atomic mass is 35.5. The highest BCUT2D eigenvalue weighted by molar-refractivity contribution is 6.18. The summed E-state index contributed by atoms with van der Waals surface area (Å²) in [7, 11) is 0. The first-order chi connectivity index (χ1) is 8.06. The molecule has 0 radical (unpaired) electrons. The highest BCUT2D eigenvalue weighted by Gasteiger charge is 2.15. The summed E-state index contributed by atoms with van der Waals surface area (Å²) >= 11 is 5.46. The van der Waals surface area contributed by atoms with Crippen LogP contribution in [0.4, 0.5) is 5.69 Å². The molecule has 0 saturated heterocycles. The second-order valence-electron chi connectivity index (χ2n) is 3.99. The zero-order valence-corrected chi connectivity index (χ0v) is 11.2. The second kappa shape index (κ2) is 6.50. The maximum absolute atomic E-state index is 11.6. The van der Waals surface area contributed by atoms with E-state index in [0.29, 0.717) is 5.88 Å². The van der Waals surface area contributed by atoms with Gasteiger partial charge in [-0.05, 0) is 31.9 Å². The van der Waals surface area contributed by atoms with Crippen LogP contribution >= 0.6 is 11.6 Å². The van der Waals surface area contributed by atoms with Gasteiger partial charge >= 0.3 is 5.97 Å². The van der Waals surface area contributed by atoms with E-state index in [4.69, 9.17) is 16.3 Å². The predicted octanol–water partition coefficient (Wildman–Crippen LogP) is 2.89. The molecule has 0 aromatic heterocycles. The minimum atomic E-state index is -0.377. The van der Waals surface area contributed by atoms with Crippen molar-refractivity contribution in [3.8, 4) is 0 Å². The van der Waals surface area contributed by atoms with Crippen molar-refractivity contribution >= 4 is 23.3 Å². The number of hydrogen-bond acceptors (Lipinski definition) is 3. The number of halogens is 1. The van der Waals surface area contributed by atoms with Crippen LogP contribution in [0.15, 0.2) is 18.2 Å². The number of benzene rings is 1. The number of hydrogen-bond donors (Lipinski definition) is 1. The number of carbonyl (C=O) groups excluding carboxylic acids is 1. The van der Waals surface area contributed by atoms with Crippen LogP contribution in [0.2, 0.25) is 0 Å². The minimum absolute atomic E-state index is 0.249. The lowest BCUT2D eigenvalue weighted by Gasteiger charge is -2.17. The standard InChI is InChI=1S/C13H18ClNO2/c1-9-5-4-6-10(2)12(9)15-11(3)13(16)17-8-7-14/h4-6,11,15H,7-8H2,1-3H3/t11-/m0/s1. The lowest BCUT2D eigenvalue weighted by Crippen LogP contribution is -2.29. The summed E-state index contributed by atoms with van der Waals surface area (Å²) in [6.45, 7) is 6.04. The van der Waals surface area contributed by atoms with E-state index in [9.17, 15) is 4.79 Å². The lowest BCUT2D eigenvalue weighted by atomic mass is 10.1. The smallest absolute Gasteiger partial charge is 0.328 e. The van der Waals surface area contributed by atoms with Gasteiger partial charge in [0.2, 0.25) is 0 Å². The second-order valence-corrected chi connectivity index (χ2v) is 4.37. The molecular weight excluding hydrogens is 238 g/mol. The summed E-state index contributed by atoms with van der Waals surface area (Å²) in [5, 5.41) is 3.17. The van der Waals surface area contributed by atoms with Gasteiger partial charge < -0.3 is 10.1 Å². The van der Waals surface area contributed by atoms with Crippen molar-refractivity contribution in [1.29, 1.82) is 0 Å². The van der Waals surface area contributed by atoms with Gasteiger partial charge in [0.25, 0.3) is 0 Å². The van der Waals surface area contributed by atoms with Gasteiger partial charge in [0.15, 0.2) is 0 Å².